The molecule has 0 unspecified atom stereocenters. The number of hydrogen-bond donors (Lipinski definition) is 1. The summed E-state index contributed by atoms with van der Waals surface area (Å²) in [5.41, 5.74) is 4.20. The highest BCUT2D eigenvalue weighted by Gasteiger charge is 2.15. The summed E-state index contributed by atoms with van der Waals surface area (Å²) >= 11 is 0. The molecule has 3 rings (SSSR count). The lowest BCUT2D eigenvalue weighted by atomic mass is 9.84. The highest BCUT2D eigenvalue weighted by Crippen LogP contribution is 2.33. The first kappa shape index (κ1) is 19.4. The highest BCUT2D eigenvalue weighted by atomic mass is 16.1. The van der Waals surface area contributed by atoms with Crippen LogP contribution >= 0.6 is 0 Å². The van der Waals surface area contributed by atoms with Gasteiger partial charge in [-0.3, -0.25) is 4.79 Å². The Morgan fingerprint density at radius 2 is 1.56 bits per heavy atom. The van der Waals surface area contributed by atoms with Crippen molar-refractivity contribution < 1.29 is 4.79 Å². The summed E-state index contributed by atoms with van der Waals surface area (Å²) in [7, 11) is 0. The fourth-order valence-corrected chi connectivity index (χ4v) is 3.57. The van der Waals surface area contributed by atoms with Crippen LogP contribution < -0.4 is 5.32 Å². The van der Waals surface area contributed by atoms with E-state index in [1.807, 2.05) is 36.4 Å². The Hall–Kier alpha value is -2.35. The Bertz CT molecular complexity index is 773. The van der Waals surface area contributed by atoms with Crippen molar-refractivity contribution in [2.75, 3.05) is 5.32 Å². The quantitative estimate of drug-likeness (QED) is 0.621. The Kier molecular flexibility index (Phi) is 6.15. The van der Waals surface area contributed by atoms with E-state index in [1.54, 1.807) is 0 Å². The number of hydrogen-bond acceptors (Lipinski definition) is 1. The molecular formula is C25H31NO. The molecule has 1 amide bonds. The Labute approximate surface area is 163 Å². The molecule has 27 heavy (non-hydrogen) atoms. The SMILES string of the molecule is CC(C)(C)C=Cc1ccc(C(=O)Nc2ccc(C3CCCCC3)cc2)cc1. The van der Waals surface area contributed by atoms with E-state index >= 15 is 0 Å². The minimum atomic E-state index is -0.0632. The van der Waals surface area contributed by atoms with Gasteiger partial charge in [0.15, 0.2) is 0 Å². The summed E-state index contributed by atoms with van der Waals surface area (Å²) in [5, 5.41) is 3.01. The first-order valence-corrected chi connectivity index (χ1v) is 10.1. The van der Waals surface area contributed by atoms with Gasteiger partial charge in [-0.05, 0) is 59.6 Å². The van der Waals surface area contributed by atoms with Crippen LogP contribution in [0.3, 0.4) is 0 Å². The normalized spacial score (nSPS) is 15.8. The van der Waals surface area contributed by atoms with Crippen molar-refractivity contribution in [2.24, 2.45) is 5.41 Å². The van der Waals surface area contributed by atoms with Crippen LogP contribution in [0.4, 0.5) is 5.69 Å². The van der Waals surface area contributed by atoms with E-state index in [9.17, 15) is 4.79 Å². The standard InChI is InChI=1S/C25H31NO/c1-25(2,3)18-17-19-9-11-22(12-10-19)24(27)26-23-15-13-21(14-16-23)20-7-5-4-6-8-20/h9-18,20H,4-8H2,1-3H3,(H,26,27). The monoisotopic (exact) mass is 361 g/mol. The van der Waals surface area contributed by atoms with Gasteiger partial charge in [-0.25, -0.2) is 0 Å². The maximum atomic E-state index is 12.5. The molecular weight excluding hydrogens is 330 g/mol. The topological polar surface area (TPSA) is 29.1 Å². The van der Waals surface area contributed by atoms with Crippen LogP contribution in [0.15, 0.2) is 54.6 Å². The molecule has 0 heterocycles. The van der Waals surface area contributed by atoms with Crippen molar-refractivity contribution >= 4 is 17.7 Å². The second-order valence-corrected chi connectivity index (χ2v) is 8.73. The zero-order chi connectivity index (χ0) is 19.3. The van der Waals surface area contributed by atoms with Gasteiger partial charge in [0, 0.05) is 11.3 Å². The fourth-order valence-electron chi connectivity index (χ4n) is 3.57. The van der Waals surface area contributed by atoms with Crippen molar-refractivity contribution in [3.05, 3.63) is 71.3 Å². The summed E-state index contributed by atoms with van der Waals surface area (Å²) < 4.78 is 0. The first-order valence-electron chi connectivity index (χ1n) is 10.1. The average Bonchev–Trinajstić information content (AvgIpc) is 2.67. The van der Waals surface area contributed by atoms with Crippen LogP contribution in [-0.2, 0) is 0 Å². The maximum absolute atomic E-state index is 12.5. The zero-order valence-corrected chi connectivity index (χ0v) is 16.8. The van der Waals surface area contributed by atoms with Gasteiger partial charge in [-0.15, -0.1) is 0 Å². The molecule has 142 valence electrons. The molecule has 0 aliphatic heterocycles. The van der Waals surface area contributed by atoms with E-state index in [0.29, 0.717) is 11.5 Å². The molecule has 2 heteroatoms. The van der Waals surface area contributed by atoms with Crippen LogP contribution in [0.5, 0.6) is 0 Å². The summed E-state index contributed by atoms with van der Waals surface area (Å²) in [6.07, 6.45) is 10.9. The van der Waals surface area contributed by atoms with Crippen LogP contribution in [0, 0.1) is 5.41 Å². The van der Waals surface area contributed by atoms with Crippen molar-refractivity contribution in [1.29, 1.82) is 0 Å². The largest absolute Gasteiger partial charge is 0.322 e. The molecule has 1 aliphatic rings. The summed E-state index contributed by atoms with van der Waals surface area (Å²) in [6.45, 7) is 6.51. The third kappa shape index (κ3) is 5.82. The molecule has 0 atom stereocenters. The van der Waals surface area contributed by atoms with E-state index in [4.69, 9.17) is 0 Å². The third-order valence-electron chi connectivity index (χ3n) is 5.19. The minimum absolute atomic E-state index is 0.0632. The Morgan fingerprint density at radius 1 is 0.926 bits per heavy atom. The molecule has 2 aromatic carbocycles. The lowest BCUT2D eigenvalue weighted by Gasteiger charge is -2.22. The van der Waals surface area contributed by atoms with Gasteiger partial charge >= 0.3 is 0 Å². The summed E-state index contributed by atoms with van der Waals surface area (Å²) in [5.74, 6) is 0.629. The number of rotatable bonds is 4. The van der Waals surface area contributed by atoms with Crippen molar-refractivity contribution in [3.63, 3.8) is 0 Å². The molecule has 1 saturated carbocycles. The number of amides is 1. The second-order valence-electron chi connectivity index (χ2n) is 8.73. The van der Waals surface area contributed by atoms with Gasteiger partial charge in [0.2, 0.25) is 0 Å². The maximum Gasteiger partial charge on any atom is 0.255 e. The van der Waals surface area contributed by atoms with E-state index in [0.717, 1.165) is 11.3 Å². The molecule has 2 aromatic rings. The average molecular weight is 362 g/mol. The molecule has 1 fully saturated rings. The number of allylic oxidation sites excluding steroid dienone is 1. The van der Waals surface area contributed by atoms with Gasteiger partial charge in [0.05, 0.1) is 0 Å². The van der Waals surface area contributed by atoms with Gasteiger partial charge in [0.25, 0.3) is 5.91 Å². The van der Waals surface area contributed by atoms with Gasteiger partial charge in [-0.2, -0.15) is 0 Å². The van der Waals surface area contributed by atoms with E-state index in [1.165, 1.54) is 37.7 Å². The molecule has 0 radical (unpaired) electrons. The minimum Gasteiger partial charge on any atom is -0.322 e. The van der Waals surface area contributed by atoms with Crippen LogP contribution in [0.25, 0.3) is 6.08 Å². The zero-order valence-electron chi connectivity index (χ0n) is 16.8. The first-order chi connectivity index (χ1) is 12.9. The number of anilines is 1. The lowest BCUT2D eigenvalue weighted by molar-refractivity contribution is 0.102. The number of carbonyl (C=O) groups is 1. The van der Waals surface area contributed by atoms with Crippen molar-refractivity contribution in [1.82, 2.24) is 0 Å². The third-order valence-corrected chi connectivity index (χ3v) is 5.19. The highest BCUT2D eigenvalue weighted by molar-refractivity contribution is 6.04. The molecule has 0 bridgehead atoms. The van der Waals surface area contributed by atoms with Crippen LogP contribution in [0.1, 0.15) is 80.3 Å². The number of carbonyl (C=O) groups excluding carboxylic acids is 1. The molecule has 0 aromatic heterocycles. The summed E-state index contributed by atoms with van der Waals surface area (Å²) in [4.78, 5) is 12.5. The second kappa shape index (κ2) is 8.56. The fraction of sp³-hybridized carbons (Fsp3) is 0.400. The molecule has 1 N–H and O–H groups in total. The predicted octanol–water partition coefficient (Wildman–Crippen LogP) is 7.05. The van der Waals surface area contributed by atoms with Gasteiger partial charge in [0.1, 0.15) is 0 Å². The van der Waals surface area contributed by atoms with Crippen molar-refractivity contribution in [3.8, 4) is 0 Å². The van der Waals surface area contributed by atoms with Crippen LogP contribution in [-0.4, -0.2) is 5.91 Å². The van der Waals surface area contributed by atoms with E-state index in [2.05, 4.69) is 50.4 Å². The lowest BCUT2D eigenvalue weighted by Crippen LogP contribution is -2.12. The molecule has 0 spiro atoms. The van der Waals surface area contributed by atoms with Crippen molar-refractivity contribution in [2.45, 2.75) is 58.8 Å². The van der Waals surface area contributed by atoms with Gasteiger partial charge < -0.3 is 5.32 Å². The molecule has 1 aliphatic carbocycles. The van der Waals surface area contributed by atoms with Crippen LogP contribution in [0.2, 0.25) is 0 Å². The Balaban J connectivity index is 1.60. The molecule has 2 nitrogen and oxygen atoms in total. The number of benzene rings is 2. The van der Waals surface area contributed by atoms with E-state index < -0.39 is 0 Å². The predicted molar refractivity (Wildman–Crippen MR) is 115 cm³/mol. The molecule has 0 saturated heterocycles. The Morgan fingerprint density at radius 3 is 2.15 bits per heavy atom. The van der Waals surface area contributed by atoms with Gasteiger partial charge in [-0.1, -0.05) is 76.5 Å². The number of nitrogens with one attached hydrogen (secondary N) is 1. The summed E-state index contributed by atoms with van der Waals surface area (Å²) in [6, 6.07) is 16.2. The van der Waals surface area contributed by atoms with E-state index in [-0.39, 0.29) is 11.3 Å². The smallest absolute Gasteiger partial charge is 0.255 e.